The lowest BCUT2D eigenvalue weighted by Gasteiger charge is -2.15. The zero-order valence-electron chi connectivity index (χ0n) is 9.37. The molecule has 3 N–H and O–H groups in total. The molecular weight excluding hydrogens is 194 g/mol. The molecular formula is C10H21N3O2. The van der Waals surface area contributed by atoms with E-state index in [0.717, 1.165) is 32.7 Å². The molecule has 1 saturated heterocycles. The summed E-state index contributed by atoms with van der Waals surface area (Å²) >= 11 is 0. The standard InChI is InChI=1S/C10H21N3O2/c1-15-8-9-4-6-13(7-9)5-2-3-10(14)12-11/h9H,2-8,11H2,1H3,(H,12,14). The predicted octanol–water partition coefficient (Wildman–Crippen LogP) is -0.275. The number of ether oxygens (including phenoxy) is 1. The summed E-state index contributed by atoms with van der Waals surface area (Å²) in [5, 5.41) is 0. The molecule has 0 aromatic rings. The zero-order chi connectivity index (χ0) is 11.1. The maximum Gasteiger partial charge on any atom is 0.233 e. The van der Waals surface area contributed by atoms with Gasteiger partial charge in [0, 0.05) is 20.1 Å². The molecule has 1 amide bonds. The Labute approximate surface area is 90.9 Å². The van der Waals surface area contributed by atoms with Crippen molar-refractivity contribution in [1.29, 1.82) is 0 Å². The quantitative estimate of drug-likeness (QED) is 0.363. The Balaban J connectivity index is 2.06. The van der Waals surface area contributed by atoms with Crippen molar-refractivity contribution in [1.82, 2.24) is 10.3 Å². The summed E-state index contributed by atoms with van der Waals surface area (Å²) in [6.45, 7) is 4.05. The number of nitrogens with two attached hydrogens (primary N) is 1. The minimum atomic E-state index is -0.0809. The smallest absolute Gasteiger partial charge is 0.233 e. The van der Waals surface area contributed by atoms with Crippen LogP contribution in [0.15, 0.2) is 0 Å². The van der Waals surface area contributed by atoms with Crippen molar-refractivity contribution in [3.63, 3.8) is 0 Å². The van der Waals surface area contributed by atoms with E-state index in [4.69, 9.17) is 10.6 Å². The van der Waals surface area contributed by atoms with Gasteiger partial charge in [0.15, 0.2) is 0 Å². The Hall–Kier alpha value is -0.650. The van der Waals surface area contributed by atoms with Gasteiger partial charge in [0.1, 0.15) is 0 Å². The monoisotopic (exact) mass is 215 g/mol. The maximum atomic E-state index is 10.9. The van der Waals surface area contributed by atoms with Gasteiger partial charge in [0.25, 0.3) is 0 Å². The van der Waals surface area contributed by atoms with Crippen LogP contribution in [0.1, 0.15) is 19.3 Å². The molecule has 88 valence electrons. The van der Waals surface area contributed by atoms with Crippen molar-refractivity contribution in [3.05, 3.63) is 0 Å². The van der Waals surface area contributed by atoms with Crippen molar-refractivity contribution in [2.75, 3.05) is 33.4 Å². The average Bonchev–Trinajstić information content (AvgIpc) is 2.66. The lowest BCUT2D eigenvalue weighted by atomic mass is 10.1. The Morgan fingerprint density at radius 3 is 3.13 bits per heavy atom. The normalized spacial score (nSPS) is 21.9. The molecule has 1 unspecified atom stereocenters. The number of amides is 1. The van der Waals surface area contributed by atoms with E-state index in [1.54, 1.807) is 7.11 Å². The first-order valence-electron chi connectivity index (χ1n) is 5.47. The van der Waals surface area contributed by atoms with E-state index in [-0.39, 0.29) is 5.91 Å². The highest BCUT2D eigenvalue weighted by Gasteiger charge is 2.21. The van der Waals surface area contributed by atoms with E-state index in [1.807, 2.05) is 0 Å². The molecule has 1 atom stereocenters. The van der Waals surface area contributed by atoms with Gasteiger partial charge in [-0.05, 0) is 31.8 Å². The van der Waals surface area contributed by atoms with Crippen LogP contribution < -0.4 is 11.3 Å². The number of methoxy groups -OCH3 is 1. The molecule has 0 bridgehead atoms. The van der Waals surface area contributed by atoms with Crippen LogP contribution in [0, 0.1) is 5.92 Å². The van der Waals surface area contributed by atoms with E-state index < -0.39 is 0 Å². The van der Waals surface area contributed by atoms with E-state index in [2.05, 4.69) is 10.3 Å². The van der Waals surface area contributed by atoms with E-state index in [1.165, 1.54) is 6.42 Å². The number of carbonyl (C=O) groups is 1. The summed E-state index contributed by atoms with van der Waals surface area (Å²) in [6.07, 6.45) is 2.60. The second-order valence-corrected chi connectivity index (χ2v) is 4.08. The van der Waals surface area contributed by atoms with Crippen LogP contribution in [0.3, 0.4) is 0 Å². The number of nitrogens with zero attached hydrogens (tertiary/aromatic N) is 1. The summed E-state index contributed by atoms with van der Waals surface area (Å²) in [4.78, 5) is 13.3. The topological polar surface area (TPSA) is 67.6 Å². The molecule has 1 rings (SSSR count). The molecule has 0 saturated carbocycles. The number of likely N-dealkylation sites (tertiary alicyclic amines) is 1. The molecule has 15 heavy (non-hydrogen) atoms. The Morgan fingerprint density at radius 2 is 2.47 bits per heavy atom. The molecule has 1 aliphatic heterocycles. The van der Waals surface area contributed by atoms with Crippen LogP contribution in [0.4, 0.5) is 0 Å². The molecule has 0 aromatic heterocycles. The van der Waals surface area contributed by atoms with Crippen molar-refractivity contribution < 1.29 is 9.53 Å². The van der Waals surface area contributed by atoms with Gasteiger partial charge in [0.2, 0.25) is 5.91 Å². The highest BCUT2D eigenvalue weighted by atomic mass is 16.5. The van der Waals surface area contributed by atoms with Gasteiger partial charge in [-0.3, -0.25) is 10.2 Å². The van der Waals surface area contributed by atoms with Crippen molar-refractivity contribution >= 4 is 5.91 Å². The largest absolute Gasteiger partial charge is 0.384 e. The Bertz CT molecular complexity index is 199. The van der Waals surface area contributed by atoms with Crippen molar-refractivity contribution in [3.8, 4) is 0 Å². The van der Waals surface area contributed by atoms with Gasteiger partial charge in [-0.15, -0.1) is 0 Å². The molecule has 0 spiro atoms. The second-order valence-electron chi connectivity index (χ2n) is 4.08. The van der Waals surface area contributed by atoms with Gasteiger partial charge in [-0.2, -0.15) is 0 Å². The number of hydrogen-bond donors (Lipinski definition) is 2. The number of hydrazine groups is 1. The fourth-order valence-electron chi connectivity index (χ4n) is 2.02. The highest BCUT2D eigenvalue weighted by molar-refractivity contribution is 5.75. The van der Waals surface area contributed by atoms with E-state index in [9.17, 15) is 4.79 Å². The van der Waals surface area contributed by atoms with Crippen LogP contribution in [0.25, 0.3) is 0 Å². The van der Waals surface area contributed by atoms with E-state index in [0.29, 0.717) is 12.3 Å². The summed E-state index contributed by atoms with van der Waals surface area (Å²) in [5.41, 5.74) is 2.14. The minimum Gasteiger partial charge on any atom is -0.384 e. The first-order chi connectivity index (χ1) is 7.26. The first-order valence-corrected chi connectivity index (χ1v) is 5.47. The van der Waals surface area contributed by atoms with Crippen LogP contribution in [0.5, 0.6) is 0 Å². The average molecular weight is 215 g/mol. The van der Waals surface area contributed by atoms with Gasteiger partial charge >= 0.3 is 0 Å². The Kier molecular flexibility index (Phi) is 5.60. The van der Waals surface area contributed by atoms with Crippen LogP contribution in [-0.2, 0) is 9.53 Å². The van der Waals surface area contributed by atoms with Crippen molar-refractivity contribution in [2.45, 2.75) is 19.3 Å². The summed E-state index contributed by atoms with van der Waals surface area (Å²) < 4.78 is 5.13. The van der Waals surface area contributed by atoms with Crippen LogP contribution in [0.2, 0.25) is 0 Å². The molecule has 5 nitrogen and oxygen atoms in total. The van der Waals surface area contributed by atoms with Gasteiger partial charge in [-0.25, -0.2) is 5.84 Å². The number of carbonyl (C=O) groups excluding carboxylic acids is 1. The highest BCUT2D eigenvalue weighted by Crippen LogP contribution is 2.16. The number of rotatable bonds is 6. The van der Waals surface area contributed by atoms with Crippen molar-refractivity contribution in [2.24, 2.45) is 11.8 Å². The molecule has 1 fully saturated rings. The maximum absolute atomic E-state index is 10.9. The molecule has 5 heteroatoms. The molecule has 0 aliphatic carbocycles. The number of hydrogen-bond acceptors (Lipinski definition) is 4. The van der Waals surface area contributed by atoms with Gasteiger partial charge < -0.3 is 9.64 Å². The second kappa shape index (κ2) is 6.76. The summed E-state index contributed by atoms with van der Waals surface area (Å²) in [6, 6.07) is 0. The van der Waals surface area contributed by atoms with Gasteiger partial charge in [-0.1, -0.05) is 0 Å². The van der Waals surface area contributed by atoms with Gasteiger partial charge in [0.05, 0.1) is 6.61 Å². The molecule has 1 heterocycles. The predicted molar refractivity (Wildman–Crippen MR) is 58.0 cm³/mol. The fourth-order valence-corrected chi connectivity index (χ4v) is 2.02. The first kappa shape index (κ1) is 12.4. The lowest BCUT2D eigenvalue weighted by molar-refractivity contribution is -0.121. The third-order valence-electron chi connectivity index (χ3n) is 2.81. The third-order valence-corrected chi connectivity index (χ3v) is 2.81. The van der Waals surface area contributed by atoms with E-state index >= 15 is 0 Å². The molecule has 1 aliphatic rings. The lowest BCUT2D eigenvalue weighted by Crippen LogP contribution is -2.31. The SMILES string of the molecule is COCC1CCN(CCCC(=O)NN)C1. The fraction of sp³-hybridized carbons (Fsp3) is 0.900. The third kappa shape index (κ3) is 4.59. The Morgan fingerprint density at radius 1 is 1.67 bits per heavy atom. The molecule has 0 aromatic carbocycles. The summed E-state index contributed by atoms with van der Waals surface area (Å²) in [7, 11) is 1.74. The number of nitrogens with one attached hydrogen (secondary N) is 1. The zero-order valence-corrected chi connectivity index (χ0v) is 9.37. The minimum absolute atomic E-state index is 0.0809. The van der Waals surface area contributed by atoms with Crippen LogP contribution in [-0.4, -0.2) is 44.2 Å². The molecule has 0 radical (unpaired) electrons. The summed E-state index contributed by atoms with van der Waals surface area (Å²) in [5.74, 6) is 5.58. The van der Waals surface area contributed by atoms with Crippen LogP contribution >= 0.6 is 0 Å².